The van der Waals surface area contributed by atoms with Crippen molar-refractivity contribution in [1.29, 1.82) is 0 Å². The van der Waals surface area contributed by atoms with E-state index >= 15 is 0 Å². The summed E-state index contributed by atoms with van der Waals surface area (Å²) in [5.74, 6) is 0. The van der Waals surface area contributed by atoms with Crippen molar-refractivity contribution in [1.82, 2.24) is 0 Å². The van der Waals surface area contributed by atoms with Gasteiger partial charge >= 0.3 is 0 Å². The first-order chi connectivity index (χ1) is 9.28. The summed E-state index contributed by atoms with van der Waals surface area (Å²) in [4.78, 5) is 0. The van der Waals surface area contributed by atoms with Gasteiger partial charge in [0.25, 0.3) is 0 Å². The standard InChI is InChI=1S/C18H20O/c1-15(10-11-19)12-17-8-5-9-18(14-17)13-16-6-3-2-4-7-16/h2-10,14,19H,11-13H2,1H3/b15-10+. The van der Waals surface area contributed by atoms with Crippen LogP contribution in [0.5, 0.6) is 0 Å². The smallest absolute Gasteiger partial charge is 0.0615 e. The van der Waals surface area contributed by atoms with E-state index in [0.717, 1.165) is 12.8 Å². The van der Waals surface area contributed by atoms with Crippen molar-refractivity contribution in [2.24, 2.45) is 0 Å². The summed E-state index contributed by atoms with van der Waals surface area (Å²) in [5.41, 5.74) is 5.18. The molecule has 0 saturated heterocycles. The molecule has 0 bridgehead atoms. The van der Waals surface area contributed by atoms with E-state index in [-0.39, 0.29) is 6.61 Å². The van der Waals surface area contributed by atoms with E-state index in [0.29, 0.717) is 0 Å². The van der Waals surface area contributed by atoms with Crippen LogP contribution in [-0.4, -0.2) is 11.7 Å². The predicted molar refractivity (Wildman–Crippen MR) is 80.2 cm³/mol. The Hall–Kier alpha value is -1.86. The fourth-order valence-electron chi connectivity index (χ4n) is 2.23. The maximum absolute atomic E-state index is 8.89. The van der Waals surface area contributed by atoms with Crippen LogP contribution in [0, 0.1) is 0 Å². The number of benzene rings is 2. The number of aliphatic hydroxyl groups excluding tert-OH is 1. The minimum Gasteiger partial charge on any atom is -0.392 e. The van der Waals surface area contributed by atoms with Gasteiger partial charge in [-0.1, -0.05) is 66.2 Å². The molecule has 0 aliphatic rings. The SMILES string of the molecule is C/C(=C\CO)Cc1cccc(Cc2ccccc2)c1. The quantitative estimate of drug-likeness (QED) is 0.803. The van der Waals surface area contributed by atoms with Gasteiger partial charge in [0.1, 0.15) is 0 Å². The highest BCUT2D eigenvalue weighted by Crippen LogP contribution is 2.14. The molecule has 0 saturated carbocycles. The van der Waals surface area contributed by atoms with Gasteiger partial charge in [0, 0.05) is 0 Å². The second kappa shape index (κ2) is 6.91. The second-order valence-electron chi connectivity index (χ2n) is 4.89. The van der Waals surface area contributed by atoms with Crippen molar-refractivity contribution in [3.05, 3.63) is 82.9 Å². The minimum absolute atomic E-state index is 0.121. The second-order valence-corrected chi connectivity index (χ2v) is 4.89. The number of rotatable bonds is 5. The molecule has 0 aliphatic carbocycles. The van der Waals surface area contributed by atoms with Crippen molar-refractivity contribution in [2.75, 3.05) is 6.61 Å². The lowest BCUT2D eigenvalue weighted by Crippen LogP contribution is -1.92. The Morgan fingerprint density at radius 2 is 1.63 bits per heavy atom. The van der Waals surface area contributed by atoms with E-state index in [9.17, 15) is 0 Å². The molecule has 0 heterocycles. The summed E-state index contributed by atoms with van der Waals surface area (Å²) < 4.78 is 0. The third-order valence-electron chi connectivity index (χ3n) is 3.17. The Morgan fingerprint density at radius 1 is 0.947 bits per heavy atom. The molecule has 0 aromatic heterocycles. The first kappa shape index (κ1) is 13.6. The zero-order valence-electron chi connectivity index (χ0n) is 11.3. The van der Waals surface area contributed by atoms with Crippen LogP contribution < -0.4 is 0 Å². The molecule has 0 aliphatic heterocycles. The van der Waals surface area contributed by atoms with Gasteiger partial charge in [0.15, 0.2) is 0 Å². The van der Waals surface area contributed by atoms with Crippen LogP contribution in [0.15, 0.2) is 66.2 Å². The zero-order valence-corrected chi connectivity index (χ0v) is 11.3. The first-order valence-corrected chi connectivity index (χ1v) is 6.66. The fourth-order valence-corrected chi connectivity index (χ4v) is 2.23. The van der Waals surface area contributed by atoms with Gasteiger partial charge in [0.05, 0.1) is 6.61 Å². The Bertz CT molecular complexity index is 541. The molecule has 1 heteroatoms. The molecule has 2 rings (SSSR count). The molecular formula is C18H20O. The molecule has 2 aromatic carbocycles. The molecule has 0 unspecified atom stereocenters. The summed E-state index contributed by atoms with van der Waals surface area (Å²) in [6, 6.07) is 19.2. The third-order valence-corrected chi connectivity index (χ3v) is 3.17. The van der Waals surface area contributed by atoms with Gasteiger partial charge in [-0.3, -0.25) is 0 Å². The minimum atomic E-state index is 0.121. The predicted octanol–water partition coefficient (Wildman–Crippen LogP) is 3.76. The fraction of sp³-hybridized carbons (Fsp3) is 0.222. The monoisotopic (exact) mass is 252 g/mol. The lowest BCUT2D eigenvalue weighted by molar-refractivity contribution is 0.341. The van der Waals surface area contributed by atoms with Crippen LogP contribution in [0.4, 0.5) is 0 Å². The number of allylic oxidation sites excluding steroid dienone is 1. The van der Waals surface area contributed by atoms with Crippen LogP contribution in [0.1, 0.15) is 23.6 Å². The Labute approximate surface area is 115 Å². The summed E-state index contributed by atoms with van der Waals surface area (Å²) in [5, 5.41) is 8.89. The van der Waals surface area contributed by atoms with E-state index in [1.807, 2.05) is 12.1 Å². The Kier molecular flexibility index (Phi) is 4.93. The van der Waals surface area contributed by atoms with Crippen molar-refractivity contribution < 1.29 is 5.11 Å². The molecule has 0 radical (unpaired) electrons. The molecule has 2 aromatic rings. The van der Waals surface area contributed by atoms with Gasteiger partial charge in [-0.15, -0.1) is 0 Å². The summed E-state index contributed by atoms with van der Waals surface area (Å²) in [6.45, 7) is 2.18. The van der Waals surface area contributed by atoms with Crippen molar-refractivity contribution in [2.45, 2.75) is 19.8 Å². The summed E-state index contributed by atoms with van der Waals surface area (Å²) >= 11 is 0. The highest BCUT2D eigenvalue weighted by atomic mass is 16.2. The van der Waals surface area contributed by atoms with E-state index < -0.39 is 0 Å². The first-order valence-electron chi connectivity index (χ1n) is 6.66. The van der Waals surface area contributed by atoms with Crippen LogP contribution in [0.25, 0.3) is 0 Å². The van der Waals surface area contributed by atoms with Gasteiger partial charge < -0.3 is 5.11 Å². The van der Waals surface area contributed by atoms with Crippen molar-refractivity contribution >= 4 is 0 Å². The summed E-state index contributed by atoms with van der Waals surface area (Å²) in [7, 11) is 0. The highest BCUT2D eigenvalue weighted by molar-refractivity contribution is 5.31. The lowest BCUT2D eigenvalue weighted by atomic mass is 10.00. The Morgan fingerprint density at radius 3 is 2.37 bits per heavy atom. The van der Waals surface area contributed by atoms with E-state index in [4.69, 9.17) is 5.11 Å². The maximum atomic E-state index is 8.89. The van der Waals surface area contributed by atoms with Gasteiger partial charge in [0.2, 0.25) is 0 Å². The molecule has 98 valence electrons. The molecule has 0 amide bonds. The van der Waals surface area contributed by atoms with E-state index in [1.165, 1.54) is 22.3 Å². The van der Waals surface area contributed by atoms with Crippen molar-refractivity contribution in [3.8, 4) is 0 Å². The van der Waals surface area contributed by atoms with Gasteiger partial charge in [-0.05, 0) is 36.5 Å². The van der Waals surface area contributed by atoms with Crippen LogP contribution in [-0.2, 0) is 12.8 Å². The van der Waals surface area contributed by atoms with Crippen LogP contribution >= 0.6 is 0 Å². The largest absolute Gasteiger partial charge is 0.392 e. The molecule has 0 atom stereocenters. The van der Waals surface area contributed by atoms with Crippen molar-refractivity contribution in [3.63, 3.8) is 0 Å². The van der Waals surface area contributed by atoms with Crippen LogP contribution in [0.2, 0.25) is 0 Å². The zero-order chi connectivity index (χ0) is 13.5. The molecule has 0 spiro atoms. The van der Waals surface area contributed by atoms with E-state index in [1.54, 1.807) is 0 Å². The normalized spacial score (nSPS) is 11.6. The van der Waals surface area contributed by atoms with Gasteiger partial charge in [-0.2, -0.15) is 0 Å². The highest BCUT2D eigenvalue weighted by Gasteiger charge is 1.99. The average Bonchev–Trinajstić information content (AvgIpc) is 2.40. The van der Waals surface area contributed by atoms with Gasteiger partial charge in [-0.25, -0.2) is 0 Å². The van der Waals surface area contributed by atoms with E-state index in [2.05, 4.69) is 55.5 Å². The average molecular weight is 252 g/mol. The number of aliphatic hydroxyl groups is 1. The third kappa shape index (κ3) is 4.38. The summed E-state index contributed by atoms with van der Waals surface area (Å²) in [6.07, 6.45) is 3.74. The maximum Gasteiger partial charge on any atom is 0.0615 e. The number of hydrogen-bond donors (Lipinski definition) is 1. The molecule has 0 fully saturated rings. The molecule has 1 N–H and O–H groups in total. The topological polar surface area (TPSA) is 20.2 Å². The Balaban J connectivity index is 2.09. The molecule has 1 nitrogen and oxygen atoms in total. The lowest BCUT2D eigenvalue weighted by Gasteiger charge is -2.06. The van der Waals surface area contributed by atoms with Crippen LogP contribution in [0.3, 0.4) is 0 Å². The molecule has 19 heavy (non-hydrogen) atoms. The molecular weight excluding hydrogens is 232 g/mol. The number of hydrogen-bond acceptors (Lipinski definition) is 1.